The number of hydrogen-bond donors (Lipinski definition) is 4. The number of nitrogens with one attached hydrogen (secondary N) is 1. The number of phenolic OH excluding ortho intramolecular Hbond substituents is 3. The van der Waals surface area contributed by atoms with Crippen LogP contribution in [0.15, 0.2) is 41.3 Å². The molecule has 4 N–H and O–H groups in total. The van der Waals surface area contributed by atoms with Gasteiger partial charge in [0.15, 0.2) is 17.2 Å². The number of aromatic hydroxyl groups is 3. The van der Waals surface area contributed by atoms with Crippen LogP contribution in [0.2, 0.25) is 0 Å². The fourth-order valence-electron chi connectivity index (χ4n) is 3.28. The Kier molecular flexibility index (Phi) is 6.37. The van der Waals surface area contributed by atoms with E-state index in [9.17, 15) is 28.5 Å². The lowest BCUT2D eigenvalue weighted by Crippen LogP contribution is -2.46. The lowest BCUT2D eigenvalue weighted by atomic mass is 10.0. The first-order valence-corrected chi connectivity index (χ1v) is 11.0. The summed E-state index contributed by atoms with van der Waals surface area (Å²) in [5.41, 5.74) is 0.0382. The minimum absolute atomic E-state index is 0.0382. The van der Waals surface area contributed by atoms with E-state index in [1.165, 1.54) is 17.0 Å². The number of phenols is 3. The van der Waals surface area contributed by atoms with Gasteiger partial charge in [0.25, 0.3) is 5.91 Å². The standard InChI is InChI=1S/C20H24N2O7S/c1-2-29-15-3-5-16(6-4-15)30(27,28)21-14-7-9-22(10-8-14)20(26)13-11-17(23)19(25)18(24)12-13/h3-6,11-12,14,21,23-25H,2,7-10H2,1H3. The molecule has 2 aromatic carbocycles. The molecule has 9 nitrogen and oxygen atoms in total. The third kappa shape index (κ3) is 4.77. The lowest BCUT2D eigenvalue weighted by molar-refractivity contribution is 0.0710. The molecule has 0 bridgehead atoms. The van der Waals surface area contributed by atoms with Crippen LogP contribution in [0.3, 0.4) is 0 Å². The number of sulfonamides is 1. The number of likely N-dealkylation sites (tertiary alicyclic amines) is 1. The van der Waals surface area contributed by atoms with E-state index in [0.717, 1.165) is 12.1 Å². The summed E-state index contributed by atoms with van der Waals surface area (Å²) < 4.78 is 33.2. The zero-order valence-electron chi connectivity index (χ0n) is 16.4. The summed E-state index contributed by atoms with van der Waals surface area (Å²) >= 11 is 0. The Morgan fingerprint density at radius 2 is 1.67 bits per heavy atom. The van der Waals surface area contributed by atoms with Crippen LogP contribution in [-0.2, 0) is 10.0 Å². The molecular weight excluding hydrogens is 412 g/mol. The Balaban J connectivity index is 1.60. The second-order valence-electron chi connectivity index (χ2n) is 6.96. The van der Waals surface area contributed by atoms with Gasteiger partial charge in [0.2, 0.25) is 10.0 Å². The fourth-order valence-corrected chi connectivity index (χ4v) is 4.58. The first kappa shape index (κ1) is 21.7. The van der Waals surface area contributed by atoms with Crippen molar-refractivity contribution in [3.63, 3.8) is 0 Å². The van der Waals surface area contributed by atoms with Crippen LogP contribution in [0, 0.1) is 0 Å². The Hall–Kier alpha value is -2.98. The number of ether oxygens (including phenoxy) is 1. The van der Waals surface area contributed by atoms with Crippen LogP contribution in [0.1, 0.15) is 30.1 Å². The van der Waals surface area contributed by atoms with Gasteiger partial charge in [-0.15, -0.1) is 0 Å². The second kappa shape index (κ2) is 8.80. The molecule has 1 fully saturated rings. The summed E-state index contributed by atoms with van der Waals surface area (Å²) in [5, 5.41) is 28.6. The lowest BCUT2D eigenvalue weighted by Gasteiger charge is -2.32. The Morgan fingerprint density at radius 3 is 2.20 bits per heavy atom. The van der Waals surface area contributed by atoms with Crippen molar-refractivity contribution in [2.45, 2.75) is 30.7 Å². The maximum Gasteiger partial charge on any atom is 0.254 e. The summed E-state index contributed by atoms with van der Waals surface area (Å²) in [5.74, 6) is -1.69. The zero-order valence-corrected chi connectivity index (χ0v) is 17.2. The van der Waals surface area contributed by atoms with Crippen molar-refractivity contribution < 1.29 is 33.3 Å². The predicted octanol–water partition coefficient (Wildman–Crippen LogP) is 1.79. The summed E-state index contributed by atoms with van der Waals surface area (Å²) in [6.07, 6.45) is 0.829. The Morgan fingerprint density at radius 1 is 1.10 bits per heavy atom. The summed E-state index contributed by atoms with van der Waals surface area (Å²) in [7, 11) is -3.70. The van der Waals surface area contributed by atoms with Gasteiger partial charge in [-0.2, -0.15) is 0 Å². The van der Waals surface area contributed by atoms with E-state index in [2.05, 4.69) is 4.72 Å². The number of carbonyl (C=O) groups excluding carboxylic acids is 1. The van der Waals surface area contributed by atoms with Gasteiger partial charge in [0.05, 0.1) is 11.5 Å². The first-order valence-electron chi connectivity index (χ1n) is 9.50. The molecule has 1 amide bonds. The van der Waals surface area contributed by atoms with E-state index in [1.807, 2.05) is 6.92 Å². The number of benzene rings is 2. The van der Waals surface area contributed by atoms with Crippen LogP contribution < -0.4 is 9.46 Å². The summed E-state index contributed by atoms with van der Waals surface area (Å²) in [6, 6.07) is 8.00. The van der Waals surface area contributed by atoms with Crippen LogP contribution in [0.4, 0.5) is 0 Å². The molecule has 0 aliphatic carbocycles. The molecule has 3 rings (SSSR count). The molecule has 0 unspecified atom stereocenters. The Labute approximate surface area is 174 Å². The van der Waals surface area contributed by atoms with E-state index in [0.29, 0.717) is 38.3 Å². The number of amides is 1. The number of rotatable bonds is 6. The molecule has 1 heterocycles. The monoisotopic (exact) mass is 436 g/mol. The molecule has 0 atom stereocenters. The van der Waals surface area contributed by atoms with Gasteiger partial charge >= 0.3 is 0 Å². The molecule has 30 heavy (non-hydrogen) atoms. The second-order valence-corrected chi connectivity index (χ2v) is 8.67. The van der Waals surface area contributed by atoms with E-state index in [4.69, 9.17) is 4.74 Å². The number of hydrogen-bond acceptors (Lipinski definition) is 7. The van der Waals surface area contributed by atoms with E-state index >= 15 is 0 Å². The van der Waals surface area contributed by atoms with E-state index in [-0.39, 0.29) is 16.5 Å². The molecule has 0 aromatic heterocycles. The smallest absolute Gasteiger partial charge is 0.254 e. The fraction of sp³-hybridized carbons (Fsp3) is 0.350. The van der Waals surface area contributed by atoms with Crippen molar-refractivity contribution in [1.82, 2.24) is 9.62 Å². The van der Waals surface area contributed by atoms with Crippen LogP contribution in [0.5, 0.6) is 23.0 Å². The van der Waals surface area contributed by atoms with Crippen molar-refractivity contribution >= 4 is 15.9 Å². The maximum atomic E-state index is 12.6. The number of carbonyl (C=O) groups is 1. The largest absolute Gasteiger partial charge is 0.504 e. The third-order valence-electron chi connectivity index (χ3n) is 4.87. The molecule has 2 aromatic rings. The van der Waals surface area contributed by atoms with Gasteiger partial charge < -0.3 is 25.0 Å². The molecule has 10 heteroatoms. The highest BCUT2D eigenvalue weighted by Crippen LogP contribution is 2.35. The Bertz CT molecular complexity index is 991. The van der Waals surface area contributed by atoms with Crippen molar-refractivity contribution in [2.75, 3.05) is 19.7 Å². The molecule has 1 saturated heterocycles. The van der Waals surface area contributed by atoms with Crippen LogP contribution in [-0.4, -0.2) is 60.3 Å². The highest BCUT2D eigenvalue weighted by molar-refractivity contribution is 7.89. The normalized spacial score (nSPS) is 15.2. The van der Waals surface area contributed by atoms with E-state index in [1.54, 1.807) is 12.1 Å². The highest BCUT2D eigenvalue weighted by Gasteiger charge is 2.28. The maximum absolute atomic E-state index is 12.6. The van der Waals surface area contributed by atoms with Crippen LogP contribution in [0.25, 0.3) is 0 Å². The number of nitrogens with zero attached hydrogens (tertiary/aromatic N) is 1. The van der Waals surface area contributed by atoms with Gasteiger partial charge in [-0.3, -0.25) is 4.79 Å². The molecule has 1 aliphatic heterocycles. The van der Waals surface area contributed by atoms with Gasteiger partial charge in [-0.05, 0) is 56.2 Å². The summed E-state index contributed by atoms with van der Waals surface area (Å²) in [6.45, 7) is 2.94. The van der Waals surface area contributed by atoms with Gasteiger partial charge in [-0.1, -0.05) is 0 Å². The predicted molar refractivity (Wildman–Crippen MR) is 108 cm³/mol. The van der Waals surface area contributed by atoms with Crippen molar-refractivity contribution in [1.29, 1.82) is 0 Å². The topological polar surface area (TPSA) is 136 Å². The van der Waals surface area contributed by atoms with Gasteiger partial charge in [0.1, 0.15) is 5.75 Å². The molecule has 162 valence electrons. The molecule has 0 spiro atoms. The number of piperidine rings is 1. The SMILES string of the molecule is CCOc1ccc(S(=O)(=O)NC2CCN(C(=O)c3cc(O)c(O)c(O)c3)CC2)cc1. The van der Waals surface area contributed by atoms with E-state index < -0.39 is 33.2 Å². The molecule has 0 radical (unpaired) electrons. The van der Waals surface area contributed by atoms with Crippen molar-refractivity contribution in [3.05, 3.63) is 42.0 Å². The van der Waals surface area contributed by atoms with Crippen molar-refractivity contribution in [2.24, 2.45) is 0 Å². The molecule has 1 aliphatic rings. The zero-order chi connectivity index (χ0) is 21.9. The van der Waals surface area contributed by atoms with Gasteiger partial charge in [-0.25, -0.2) is 13.1 Å². The van der Waals surface area contributed by atoms with Crippen molar-refractivity contribution in [3.8, 4) is 23.0 Å². The molecular formula is C20H24N2O7S. The minimum atomic E-state index is -3.70. The quantitative estimate of drug-likeness (QED) is 0.507. The van der Waals surface area contributed by atoms with Gasteiger partial charge in [0, 0.05) is 24.7 Å². The average molecular weight is 436 g/mol. The first-order chi connectivity index (χ1) is 14.2. The molecule has 0 saturated carbocycles. The average Bonchev–Trinajstić information content (AvgIpc) is 2.72. The third-order valence-corrected chi connectivity index (χ3v) is 6.40. The summed E-state index contributed by atoms with van der Waals surface area (Å²) in [4.78, 5) is 14.2. The minimum Gasteiger partial charge on any atom is -0.504 e. The highest BCUT2D eigenvalue weighted by atomic mass is 32.2. The van der Waals surface area contributed by atoms with Crippen LogP contribution >= 0.6 is 0 Å².